The van der Waals surface area contributed by atoms with E-state index in [9.17, 15) is 0 Å². The van der Waals surface area contributed by atoms with Crippen molar-refractivity contribution in [1.82, 2.24) is 4.98 Å². The SMILES string of the molecule is Bc1cccc2oc3c(Cl)nccc3c12. The van der Waals surface area contributed by atoms with Crippen LogP contribution < -0.4 is 5.46 Å². The second kappa shape index (κ2) is 3.01. The lowest BCUT2D eigenvalue weighted by atomic mass is 9.91. The Kier molecular flexibility index (Phi) is 1.76. The Morgan fingerprint density at radius 3 is 3.00 bits per heavy atom. The van der Waals surface area contributed by atoms with Gasteiger partial charge in [0.2, 0.25) is 0 Å². The van der Waals surface area contributed by atoms with Gasteiger partial charge in [0.1, 0.15) is 13.4 Å². The fraction of sp³-hybridized carbons (Fsp3) is 0. The van der Waals surface area contributed by atoms with E-state index in [4.69, 9.17) is 16.0 Å². The maximum atomic E-state index is 5.98. The molecule has 4 heteroatoms. The second-order valence-electron chi connectivity index (χ2n) is 3.53. The first-order valence-electron chi connectivity index (χ1n) is 4.70. The van der Waals surface area contributed by atoms with Crippen LogP contribution in [0.4, 0.5) is 0 Å². The van der Waals surface area contributed by atoms with Gasteiger partial charge in [-0.2, -0.15) is 0 Å². The maximum Gasteiger partial charge on any atom is 0.172 e. The smallest absolute Gasteiger partial charge is 0.172 e. The number of nitrogens with zero attached hydrogens (tertiary/aromatic N) is 1. The molecule has 0 aliphatic rings. The van der Waals surface area contributed by atoms with Crippen LogP contribution in [-0.2, 0) is 0 Å². The van der Waals surface area contributed by atoms with Gasteiger partial charge in [0.25, 0.3) is 0 Å². The Bertz CT molecular complexity index is 662. The molecule has 0 N–H and O–H groups in total. The lowest BCUT2D eigenvalue weighted by molar-refractivity contribution is 0.667. The summed E-state index contributed by atoms with van der Waals surface area (Å²) in [6.07, 6.45) is 1.70. The van der Waals surface area contributed by atoms with E-state index in [0.29, 0.717) is 10.7 Å². The monoisotopic (exact) mass is 215 g/mol. The highest BCUT2D eigenvalue weighted by molar-refractivity contribution is 6.42. The minimum Gasteiger partial charge on any atom is -0.453 e. The minimum absolute atomic E-state index is 0.420. The predicted molar refractivity (Wildman–Crippen MR) is 64.7 cm³/mol. The van der Waals surface area contributed by atoms with E-state index in [1.54, 1.807) is 6.20 Å². The van der Waals surface area contributed by atoms with Crippen molar-refractivity contribution in [3.8, 4) is 0 Å². The number of hydrogen-bond acceptors (Lipinski definition) is 2. The van der Waals surface area contributed by atoms with Crippen LogP contribution in [0.5, 0.6) is 0 Å². The Hall–Kier alpha value is -1.48. The lowest BCUT2D eigenvalue weighted by Crippen LogP contribution is -2.01. The second-order valence-corrected chi connectivity index (χ2v) is 3.89. The fourth-order valence-corrected chi connectivity index (χ4v) is 2.09. The Morgan fingerprint density at radius 2 is 2.13 bits per heavy atom. The molecule has 0 radical (unpaired) electrons. The standard InChI is InChI=1S/C11H7BClNO/c12-7-2-1-3-8-9(7)6-4-5-14-11(13)10(6)15-8/h1-5H,12H2. The van der Waals surface area contributed by atoms with Gasteiger partial charge in [0.15, 0.2) is 10.7 Å². The van der Waals surface area contributed by atoms with Crippen molar-refractivity contribution >= 4 is 46.8 Å². The van der Waals surface area contributed by atoms with Crippen molar-refractivity contribution in [1.29, 1.82) is 0 Å². The third-order valence-electron chi connectivity index (χ3n) is 2.58. The summed E-state index contributed by atoms with van der Waals surface area (Å²) in [5, 5.41) is 2.57. The van der Waals surface area contributed by atoms with Crippen molar-refractivity contribution in [2.75, 3.05) is 0 Å². The summed E-state index contributed by atoms with van der Waals surface area (Å²) in [6, 6.07) is 7.91. The molecule has 0 fully saturated rings. The first-order chi connectivity index (χ1) is 7.27. The zero-order valence-electron chi connectivity index (χ0n) is 8.12. The summed E-state index contributed by atoms with van der Waals surface area (Å²) in [4.78, 5) is 4.00. The minimum atomic E-state index is 0.420. The van der Waals surface area contributed by atoms with Crippen LogP contribution in [0.3, 0.4) is 0 Å². The molecule has 2 nitrogen and oxygen atoms in total. The molecular formula is C11H7BClNO. The summed E-state index contributed by atoms with van der Waals surface area (Å²) in [6.45, 7) is 0. The highest BCUT2D eigenvalue weighted by Crippen LogP contribution is 2.30. The van der Waals surface area contributed by atoms with Gasteiger partial charge in [-0.05, 0) is 12.1 Å². The van der Waals surface area contributed by atoms with Crippen molar-refractivity contribution in [2.45, 2.75) is 0 Å². The highest BCUT2D eigenvalue weighted by Gasteiger charge is 2.11. The van der Waals surface area contributed by atoms with Gasteiger partial charge in [-0.25, -0.2) is 4.98 Å². The molecule has 2 aromatic heterocycles. The molecule has 3 rings (SSSR count). The van der Waals surface area contributed by atoms with Gasteiger partial charge in [-0.3, -0.25) is 0 Å². The Balaban J connectivity index is 2.65. The van der Waals surface area contributed by atoms with Gasteiger partial charge < -0.3 is 4.42 Å². The average molecular weight is 215 g/mol. The number of fused-ring (bicyclic) bond motifs is 3. The molecule has 2 heterocycles. The fourth-order valence-electron chi connectivity index (χ4n) is 1.90. The molecule has 3 aromatic rings. The van der Waals surface area contributed by atoms with E-state index in [-0.39, 0.29) is 0 Å². The Labute approximate surface area is 92.3 Å². The Morgan fingerprint density at radius 1 is 1.27 bits per heavy atom. The number of aromatic nitrogens is 1. The van der Waals surface area contributed by atoms with E-state index in [0.717, 1.165) is 16.4 Å². The number of pyridine rings is 1. The average Bonchev–Trinajstić information content (AvgIpc) is 2.59. The van der Waals surface area contributed by atoms with Crippen LogP contribution >= 0.6 is 11.6 Å². The molecule has 0 aliphatic heterocycles. The maximum absolute atomic E-state index is 5.98. The molecule has 0 saturated heterocycles. The zero-order valence-corrected chi connectivity index (χ0v) is 8.88. The highest BCUT2D eigenvalue weighted by atomic mass is 35.5. The normalized spacial score (nSPS) is 11.3. The predicted octanol–water partition coefficient (Wildman–Crippen LogP) is 1.89. The number of benzene rings is 1. The zero-order chi connectivity index (χ0) is 10.4. The lowest BCUT2D eigenvalue weighted by Gasteiger charge is -1.93. The van der Waals surface area contributed by atoms with Gasteiger partial charge in [0.05, 0.1) is 0 Å². The van der Waals surface area contributed by atoms with Crippen LogP contribution in [-0.4, -0.2) is 12.8 Å². The summed E-state index contributed by atoms with van der Waals surface area (Å²) < 4.78 is 5.67. The van der Waals surface area contributed by atoms with Gasteiger partial charge >= 0.3 is 0 Å². The number of hydrogen-bond donors (Lipinski definition) is 0. The summed E-state index contributed by atoms with van der Waals surface area (Å²) in [5.41, 5.74) is 2.72. The van der Waals surface area contributed by atoms with Crippen molar-refractivity contribution in [3.05, 3.63) is 35.6 Å². The van der Waals surface area contributed by atoms with Crippen LogP contribution in [0, 0.1) is 0 Å². The van der Waals surface area contributed by atoms with E-state index in [2.05, 4.69) is 18.9 Å². The largest absolute Gasteiger partial charge is 0.453 e. The van der Waals surface area contributed by atoms with Crippen molar-refractivity contribution in [2.24, 2.45) is 0 Å². The molecule has 0 amide bonds. The molecule has 0 aliphatic carbocycles. The van der Waals surface area contributed by atoms with Crippen LogP contribution in [0.2, 0.25) is 5.15 Å². The molecule has 0 bridgehead atoms. The first-order valence-corrected chi connectivity index (χ1v) is 5.07. The number of furan rings is 1. The topological polar surface area (TPSA) is 26.0 Å². The first kappa shape index (κ1) is 8.80. The van der Waals surface area contributed by atoms with E-state index < -0.39 is 0 Å². The van der Waals surface area contributed by atoms with E-state index in [1.807, 2.05) is 18.2 Å². The molecule has 0 atom stereocenters. The van der Waals surface area contributed by atoms with Gasteiger partial charge in [-0.1, -0.05) is 29.2 Å². The molecule has 15 heavy (non-hydrogen) atoms. The van der Waals surface area contributed by atoms with E-state index in [1.165, 1.54) is 5.46 Å². The quantitative estimate of drug-likeness (QED) is 0.423. The summed E-state index contributed by atoms with van der Waals surface area (Å²) in [5.74, 6) is 0. The molecule has 0 unspecified atom stereocenters. The van der Waals surface area contributed by atoms with Crippen molar-refractivity contribution in [3.63, 3.8) is 0 Å². The van der Waals surface area contributed by atoms with Gasteiger partial charge in [0, 0.05) is 17.0 Å². The molecule has 72 valence electrons. The number of rotatable bonds is 0. The number of halogens is 1. The van der Waals surface area contributed by atoms with Gasteiger partial charge in [-0.15, -0.1) is 0 Å². The molecule has 1 aromatic carbocycles. The molecule has 0 spiro atoms. The molecular weight excluding hydrogens is 208 g/mol. The van der Waals surface area contributed by atoms with Crippen LogP contribution in [0.15, 0.2) is 34.9 Å². The van der Waals surface area contributed by atoms with Crippen LogP contribution in [0.25, 0.3) is 21.9 Å². The van der Waals surface area contributed by atoms with Crippen molar-refractivity contribution < 1.29 is 4.42 Å². The summed E-state index contributed by atoms with van der Waals surface area (Å²) >= 11 is 5.98. The molecule has 0 saturated carbocycles. The third-order valence-corrected chi connectivity index (χ3v) is 2.85. The van der Waals surface area contributed by atoms with Crippen LogP contribution in [0.1, 0.15) is 0 Å². The third kappa shape index (κ3) is 1.16. The van der Waals surface area contributed by atoms with E-state index >= 15 is 0 Å². The summed E-state index contributed by atoms with van der Waals surface area (Å²) in [7, 11) is 2.06.